The molecule has 0 N–H and O–H groups in total. The molecule has 0 amide bonds. The molecular formula is C18H22. The first-order chi connectivity index (χ1) is 8.61. The molecule has 0 saturated carbocycles. The van der Waals surface area contributed by atoms with Crippen LogP contribution in [0.1, 0.15) is 31.4 Å². The number of hydrogen-bond acceptors (Lipinski definition) is 0. The molecule has 18 heavy (non-hydrogen) atoms. The first-order valence-corrected chi connectivity index (χ1v) is 6.49. The van der Waals surface area contributed by atoms with E-state index in [0.717, 1.165) is 18.4 Å². The predicted octanol–water partition coefficient (Wildman–Crippen LogP) is 4.70. The van der Waals surface area contributed by atoms with Crippen molar-refractivity contribution in [2.75, 3.05) is 0 Å². The third-order valence-electron chi connectivity index (χ3n) is 2.65. The molecule has 0 saturated heterocycles. The summed E-state index contributed by atoms with van der Waals surface area (Å²) < 4.78 is 0. The van der Waals surface area contributed by atoms with Crippen molar-refractivity contribution < 1.29 is 0 Å². The number of benzene rings is 1. The minimum Gasteiger partial charge on any atom is -0.103 e. The Kier molecular flexibility index (Phi) is 6.01. The van der Waals surface area contributed by atoms with Crippen molar-refractivity contribution in [1.82, 2.24) is 0 Å². The summed E-state index contributed by atoms with van der Waals surface area (Å²) in [7, 11) is 0. The number of allylic oxidation sites excluding steroid dienone is 3. The van der Waals surface area contributed by atoms with Crippen LogP contribution in [0, 0.1) is 24.7 Å². The van der Waals surface area contributed by atoms with Crippen LogP contribution in [-0.4, -0.2) is 0 Å². The zero-order chi connectivity index (χ0) is 13.4. The third kappa shape index (κ3) is 5.55. The summed E-state index contributed by atoms with van der Waals surface area (Å²) in [6.07, 6.45) is 6.09. The van der Waals surface area contributed by atoms with Crippen LogP contribution in [0.5, 0.6) is 0 Å². The SMILES string of the molecule is C=C(C)/C=C\C(C#CCC)Cc1ccc(C)cc1. The summed E-state index contributed by atoms with van der Waals surface area (Å²) in [5.41, 5.74) is 3.71. The van der Waals surface area contributed by atoms with Gasteiger partial charge in [0.1, 0.15) is 0 Å². The van der Waals surface area contributed by atoms with Gasteiger partial charge in [-0.15, -0.1) is 5.92 Å². The Balaban J connectivity index is 2.77. The maximum absolute atomic E-state index is 3.89. The Labute approximate surface area is 111 Å². The highest BCUT2D eigenvalue weighted by Crippen LogP contribution is 2.12. The molecule has 1 aromatic rings. The molecule has 1 unspecified atom stereocenters. The maximum Gasteiger partial charge on any atom is 0.0426 e. The second-order valence-electron chi connectivity index (χ2n) is 4.68. The number of hydrogen-bond donors (Lipinski definition) is 0. The second-order valence-corrected chi connectivity index (χ2v) is 4.68. The monoisotopic (exact) mass is 238 g/mol. The molecule has 0 bridgehead atoms. The van der Waals surface area contributed by atoms with E-state index in [1.54, 1.807) is 0 Å². The molecule has 0 aliphatic rings. The Morgan fingerprint density at radius 3 is 2.56 bits per heavy atom. The molecule has 0 nitrogen and oxygen atoms in total. The van der Waals surface area contributed by atoms with Gasteiger partial charge in [0.05, 0.1) is 0 Å². The van der Waals surface area contributed by atoms with Crippen molar-refractivity contribution in [3.05, 3.63) is 59.7 Å². The highest BCUT2D eigenvalue weighted by molar-refractivity contribution is 5.26. The van der Waals surface area contributed by atoms with Crippen LogP contribution in [0.25, 0.3) is 0 Å². The van der Waals surface area contributed by atoms with Gasteiger partial charge in [-0.2, -0.15) is 0 Å². The van der Waals surface area contributed by atoms with Gasteiger partial charge in [-0.3, -0.25) is 0 Å². The van der Waals surface area contributed by atoms with E-state index >= 15 is 0 Å². The van der Waals surface area contributed by atoms with Crippen LogP contribution in [0.15, 0.2) is 48.6 Å². The summed E-state index contributed by atoms with van der Waals surface area (Å²) in [5, 5.41) is 0. The van der Waals surface area contributed by atoms with Gasteiger partial charge in [0, 0.05) is 12.3 Å². The van der Waals surface area contributed by atoms with Crippen molar-refractivity contribution in [2.45, 2.75) is 33.6 Å². The fourth-order valence-corrected chi connectivity index (χ4v) is 1.66. The van der Waals surface area contributed by atoms with Gasteiger partial charge >= 0.3 is 0 Å². The second kappa shape index (κ2) is 7.56. The van der Waals surface area contributed by atoms with Gasteiger partial charge in [0.2, 0.25) is 0 Å². The van der Waals surface area contributed by atoms with Crippen LogP contribution >= 0.6 is 0 Å². The number of rotatable bonds is 4. The first-order valence-electron chi connectivity index (χ1n) is 6.49. The van der Waals surface area contributed by atoms with E-state index in [1.165, 1.54) is 11.1 Å². The Morgan fingerprint density at radius 2 is 2.00 bits per heavy atom. The Hall–Kier alpha value is -1.74. The molecular weight excluding hydrogens is 216 g/mol. The lowest BCUT2D eigenvalue weighted by Crippen LogP contribution is -1.98. The molecule has 0 aliphatic carbocycles. The molecule has 0 heterocycles. The van der Waals surface area contributed by atoms with Gasteiger partial charge in [-0.25, -0.2) is 0 Å². The van der Waals surface area contributed by atoms with E-state index in [0.29, 0.717) is 0 Å². The van der Waals surface area contributed by atoms with Crippen LogP contribution < -0.4 is 0 Å². The van der Waals surface area contributed by atoms with Gasteiger partial charge in [-0.1, -0.05) is 67.0 Å². The summed E-state index contributed by atoms with van der Waals surface area (Å²) >= 11 is 0. The first kappa shape index (κ1) is 14.3. The van der Waals surface area contributed by atoms with E-state index in [9.17, 15) is 0 Å². The van der Waals surface area contributed by atoms with Crippen LogP contribution in [0.3, 0.4) is 0 Å². The molecule has 0 heteroatoms. The van der Waals surface area contributed by atoms with Crippen LogP contribution in [-0.2, 0) is 6.42 Å². The standard InChI is InChI=1S/C18H22/c1-5-6-7-17(11-8-15(2)3)14-18-12-9-16(4)10-13-18/h8-13,17H,2,5,14H2,1,3-4H3/b11-8-. The third-order valence-corrected chi connectivity index (χ3v) is 2.65. The molecule has 0 spiro atoms. The minimum atomic E-state index is 0.282. The van der Waals surface area contributed by atoms with E-state index in [1.807, 2.05) is 6.92 Å². The van der Waals surface area contributed by atoms with Crippen molar-refractivity contribution in [1.29, 1.82) is 0 Å². The van der Waals surface area contributed by atoms with E-state index < -0.39 is 0 Å². The molecule has 0 fully saturated rings. The minimum absolute atomic E-state index is 0.282. The van der Waals surface area contributed by atoms with Crippen molar-refractivity contribution in [2.24, 2.45) is 5.92 Å². The van der Waals surface area contributed by atoms with Gasteiger partial charge in [0.25, 0.3) is 0 Å². The quantitative estimate of drug-likeness (QED) is 0.527. The summed E-state index contributed by atoms with van der Waals surface area (Å²) in [5.74, 6) is 6.76. The smallest absolute Gasteiger partial charge is 0.0426 e. The fourth-order valence-electron chi connectivity index (χ4n) is 1.66. The van der Waals surface area contributed by atoms with E-state index in [4.69, 9.17) is 0 Å². The largest absolute Gasteiger partial charge is 0.103 e. The molecule has 0 aromatic heterocycles. The molecule has 1 atom stereocenters. The van der Waals surface area contributed by atoms with Gasteiger partial charge in [0.15, 0.2) is 0 Å². The van der Waals surface area contributed by atoms with Gasteiger partial charge in [-0.05, 0) is 25.8 Å². The summed E-state index contributed by atoms with van der Waals surface area (Å²) in [6, 6.07) is 8.68. The highest BCUT2D eigenvalue weighted by atomic mass is 14.1. The lowest BCUT2D eigenvalue weighted by atomic mass is 9.98. The summed E-state index contributed by atoms with van der Waals surface area (Å²) in [4.78, 5) is 0. The maximum atomic E-state index is 3.89. The lowest BCUT2D eigenvalue weighted by molar-refractivity contribution is 0.830. The average molecular weight is 238 g/mol. The molecule has 94 valence electrons. The summed E-state index contributed by atoms with van der Waals surface area (Å²) in [6.45, 7) is 10.1. The van der Waals surface area contributed by atoms with Crippen molar-refractivity contribution in [3.8, 4) is 11.8 Å². The number of aryl methyl sites for hydroxylation is 1. The van der Waals surface area contributed by atoms with Crippen LogP contribution in [0.2, 0.25) is 0 Å². The zero-order valence-electron chi connectivity index (χ0n) is 11.7. The highest BCUT2D eigenvalue weighted by Gasteiger charge is 2.02. The van der Waals surface area contributed by atoms with Crippen molar-refractivity contribution in [3.63, 3.8) is 0 Å². The van der Waals surface area contributed by atoms with E-state index in [2.05, 4.69) is 68.7 Å². The van der Waals surface area contributed by atoms with E-state index in [-0.39, 0.29) is 5.92 Å². The lowest BCUT2D eigenvalue weighted by Gasteiger charge is -2.06. The Bertz CT molecular complexity index is 463. The predicted molar refractivity (Wildman–Crippen MR) is 80.4 cm³/mol. The average Bonchev–Trinajstić information content (AvgIpc) is 2.35. The molecule has 1 aromatic carbocycles. The fraction of sp³-hybridized carbons (Fsp3) is 0.333. The molecule has 0 aliphatic heterocycles. The zero-order valence-corrected chi connectivity index (χ0v) is 11.7. The van der Waals surface area contributed by atoms with Gasteiger partial charge < -0.3 is 0 Å². The normalized spacial score (nSPS) is 11.9. The molecule has 0 radical (unpaired) electrons. The van der Waals surface area contributed by atoms with Crippen LogP contribution in [0.4, 0.5) is 0 Å². The Morgan fingerprint density at radius 1 is 1.33 bits per heavy atom. The molecule has 1 rings (SSSR count). The topological polar surface area (TPSA) is 0 Å². The van der Waals surface area contributed by atoms with Crippen molar-refractivity contribution >= 4 is 0 Å².